The summed E-state index contributed by atoms with van der Waals surface area (Å²) in [7, 11) is 0. The molecular formula is C18H18N2O3S. The van der Waals surface area contributed by atoms with E-state index >= 15 is 0 Å². The highest BCUT2D eigenvalue weighted by molar-refractivity contribution is 7.80. The maximum atomic E-state index is 11.1. The van der Waals surface area contributed by atoms with Crippen molar-refractivity contribution in [3.8, 4) is 0 Å². The van der Waals surface area contributed by atoms with Crippen LogP contribution in [-0.2, 0) is 4.79 Å². The number of benzene rings is 1. The number of carbonyl (C=O) groups is 1. The number of nitrogens with one attached hydrogen (secondary N) is 2. The third-order valence-corrected chi connectivity index (χ3v) is 4.18. The highest BCUT2D eigenvalue weighted by Crippen LogP contribution is 2.34. The minimum Gasteiger partial charge on any atom is -0.481 e. The Hall–Kier alpha value is -2.60. The van der Waals surface area contributed by atoms with Crippen LogP contribution < -0.4 is 10.6 Å². The normalized spacial score (nSPS) is 17.4. The van der Waals surface area contributed by atoms with E-state index < -0.39 is 5.97 Å². The molecule has 0 radical (unpaired) electrons. The SMILES string of the molecule is Cc1ccc(C2=C(CCC(=O)O)C(c3ccco3)NC(=S)N2)cc1. The predicted molar refractivity (Wildman–Crippen MR) is 95.3 cm³/mol. The molecule has 0 saturated carbocycles. The maximum absolute atomic E-state index is 11.1. The lowest BCUT2D eigenvalue weighted by atomic mass is 9.92. The number of aryl methyl sites for hydroxylation is 1. The largest absolute Gasteiger partial charge is 0.481 e. The lowest BCUT2D eigenvalue weighted by Gasteiger charge is -2.31. The van der Waals surface area contributed by atoms with Crippen LogP contribution >= 0.6 is 12.2 Å². The number of hydrogen-bond acceptors (Lipinski definition) is 3. The zero-order valence-electron chi connectivity index (χ0n) is 13.2. The van der Waals surface area contributed by atoms with E-state index in [1.165, 1.54) is 0 Å². The topological polar surface area (TPSA) is 74.5 Å². The Morgan fingerprint density at radius 2 is 2.04 bits per heavy atom. The Balaban J connectivity index is 2.08. The molecule has 1 atom stereocenters. The van der Waals surface area contributed by atoms with E-state index in [1.54, 1.807) is 6.26 Å². The summed E-state index contributed by atoms with van der Waals surface area (Å²) in [5.41, 5.74) is 3.90. The summed E-state index contributed by atoms with van der Waals surface area (Å²) in [6.45, 7) is 2.02. The van der Waals surface area contributed by atoms with Gasteiger partial charge in [0.15, 0.2) is 5.11 Å². The molecule has 5 nitrogen and oxygen atoms in total. The Bertz CT molecular complexity index is 779. The smallest absolute Gasteiger partial charge is 0.303 e. The number of furan rings is 1. The van der Waals surface area contributed by atoms with Crippen LogP contribution in [0.3, 0.4) is 0 Å². The maximum Gasteiger partial charge on any atom is 0.303 e. The second-order valence-corrected chi connectivity index (χ2v) is 6.12. The van der Waals surface area contributed by atoms with Gasteiger partial charge in [0.1, 0.15) is 11.8 Å². The van der Waals surface area contributed by atoms with Crippen molar-refractivity contribution in [2.45, 2.75) is 25.8 Å². The Morgan fingerprint density at radius 1 is 1.29 bits per heavy atom. The summed E-state index contributed by atoms with van der Waals surface area (Å²) in [6, 6.07) is 11.4. The number of hydrogen-bond donors (Lipinski definition) is 3. The summed E-state index contributed by atoms with van der Waals surface area (Å²) in [6.07, 6.45) is 2.03. The molecule has 2 aromatic rings. The van der Waals surface area contributed by atoms with Gasteiger partial charge in [0.2, 0.25) is 0 Å². The predicted octanol–water partition coefficient (Wildman–Crippen LogP) is 3.38. The molecule has 0 saturated heterocycles. The third-order valence-electron chi connectivity index (χ3n) is 3.96. The van der Waals surface area contributed by atoms with Gasteiger partial charge in [-0.15, -0.1) is 0 Å². The molecule has 0 bridgehead atoms. The molecule has 1 aromatic carbocycles. The van der Waals surface area contributed by atoms with E-state index in [9.17, 15) is 4.79 Å². The quantitative estimate of drug-likeness (QED) is 0.723. The number of carboxylic acids is 1. The van der Waals surface area contributed by atoms with Gasteiger partial charge < -0.3 is 20.2 Å². The zero-order valence-corrected chi connectivity index (χ0v) is 14.0. The summed E-state index contributed by atoms with van der Waals surface area (Å²) in [5, 5.41) is 15.9. The third kappa shape index (κ3) is 3.49. The molecule has 0 amide bonds. The van der Waals surface area contributed by atoms with Gasteiger partial charge in [-0.2, -0.15) is 0 Å². The molecule has 6 heteroatoms. The van der Waals surface area contributed by atoms with Gasteiger partial charge in [-0.3, -0.25) is 4.79 Å². The van der Waals surface area contributed by atoms with Gasteiger partial charge in [-0.1, -0.05) is 29.8 Å². The van der Waals surface area contributed by atoms with Crippen LogP contribution in [0, 0.1) is 6.92 Å². The molecular weight excluding hydrogens is 324 g/mol. The fourth-order valence-corrected chi connectivity index (χ4v) is 3.00. The molecule has 3 rings (SSSR count). The minimum absolute atomic E-state index is 0.0397. The van der Waals surface area contributed by atoms with Gasteiger partial charge in [0, 0.05) is 12.1 Å². The minimum atomic E-state index is -0.836. The van der Waals surface area contributed by atoms with Crippen LogP contribution in [-0.4, -0.2) is 16.2 Å². The van der Waals surface area contributed by atoms with Crippen LogP contribution in [0.15, 0.2) is 52.7 Å². The first kappa shape index (κ1) is 16.3. The van der Waals surface area contributed by atoms with Gasteiger partial charge in [0.25, 0.3) is 0 Å². The standard InChI is InChI=1S/C18H18N2O3S/c1-11-4-6-12(7-5-11)16-13(8-9-15(21)22)17(20-18(24)19-16)14-3-2-10-23-14/h2-7,10,17H,8-9H2,1H3,(H,21,22)(H2,19,20,24). The van der Waals surface area contributed by atoms with Crippen LogP contribution in [0.5, 0.6) is 0 Å². The van der Waals surface area contributed by atoms with Crippen molar-refractivity contribution >= 4 is 29.0 Å². The molecule has 24 heavy (non-hydrogen) atoms. The van der Waals surface area contributed by atoms with Crippen LogP contribution in [0.4, 0.5) is 0 Å². The van der Waals surface area contributed by atoms with Crippen molar-refractivity contribution in [2.24, 2.45) is 0 Å². The van der Waals surface area contributed by atoms with Crippen molar-refractivity contribution in [3.63, 3.8) is 0 Å². The van der Waals surface area contributed by atoms with Crippen molar-refractivity contribution in [1.29, 1.82) is 0 Å². The van der Waals surface area contributed by atoms with Gasteiger partial charge in [-0.05, 0) is 48.8 Å². The Morgan fingerprint density at radius 3 is 2.67 bits per heavy atom. The summed E-state index contributed by atoms with van der Waals surface area (Å²) < 4.78 is 5.53. The van der Waals surface area contributed by atoms with E-state index in [-0.39, 0.29) is 12.5 Å². The molecule has 2 heterocycles. The van der Waals surface area contributed by atoms with E-state index in [4.69, 9.17) is 21.7 Å². The molecule has 124 valence electrons. The van der Waals surface area contributed by atoms with E-state index in [0.29, 0.717) is 17.3 Å². The second-order valence-electron chi connectivity index (χ2n) is 5.71. The first-order valence-corrected chi connectivity index (χ1v) is 8.08. The van der Waals surface area contributed by atoms with Crippen molar-refractivity contribution in [1.82, 2.24) is 10.6 Å². The molecule has 3 N–H and O–H groups in total. The zero-order chi connectivity index (χ0) is 17.1. The molecule has 1 aromatic heterocycles. The first-order chi connectivity index (χ1) is 11.5. The van der Waals surface area contributed by atoms with Crippen molar-refractivity contribution < 1.29 is 14.3 Å². The van der Waals surface area contributed by atoms with Crippen LogP contribution in [0.2, 0.25) is 0 Å². The van der Waals surface area contributed by atoms with Gasteiger partial charge in [0.05, 0.1) is 6.26 Å². The van der Waals surface area contributed by atoms with E-state index in [0.717, 1.165) is 22.4 Å². The Kier molecular flexibility index (Phi) is 4.66. The molecule has 0 spiro atoms. The highest BCUT2D eigenvalue weighted by Gasteiger charge is 2.29. The van der Waals surface area contributed by atoms with Crippen molar-refractivity contribution in [3.05, 3.63) is 65.1 Å². The first-order valence-electron chi connectivity index (χ1n) is 7.67. The van der Waals surface area contributed by atoms with E-state index in [1.807, 2.05) is 43.3 Å². The van der Waals surface area contributed by atoms with Gasteiger partial charge >= 0.3 is 5.97 Å². The lowest BCUT2D eigenvalue weighted by molar-refractivity contribution is -0.136. The number of rotatable bonds is 5. The fourth-order valence-electron chi connectivity index (χ4n) is 2.78. The molecule has 1 unspecified atom stereocenters. The second kappa shape index (κ2) is 6.88. The number of carboxylic acid groups (broad SMARTS) is 1. The fraction of sp³-hybridized carbons (Fsp3) is 0.222. The number of thiocarbonyl (C=S) groups is 1. The van der Waals surface area contributed by atoms with E-state index in [2.05, 4.69) is 10.6 Å². The summed E-state index contributed by atoms with van der Waals surface area (Å²) in [5.74, 6) is -0.124. The van der Waals surface area contributed by atoms with Crippen molar-refractivity contribution in [2.75, 3.05) is 0 Å². The molecule has 0 fully saturated rings. The average Bonchev–Trinajstić information content (AvgIpc) is 3.08. The lowest BCUT2D eigenvalue weighted by Crippen LogP contribution is -2.43. The highest BCUT2D eigenvalue weighted by atomic mass is 32.1. The average molecular weight is 342 g/mol. The molecule has 1 aliphatic rings. The summed E-state index contributed by atoms with van der Waals surface area (Å²) >= 11 is 5.33. The van der Waals surface area contributed by atoms with Gasteiger partial charge in [-0.25, -0.2) is 0 Å². The Labute approximate surface area is 145 Å². The summed E-state index contributed by atoms with van der Waals surface area (Å²) in [4.78, 5) is 11.1. The van der Waals surface area contributed by atoms with Crippen LogP contribution in [0.25, 0.3) is 5.70 Å². The number of aliphatic carboxylic acids is 1. The van der Waals surface area contributed by atoms with Crippen LogP contribution in [0.1, 0.15) is 35.8 Å². The monoisotopic (exact) mass is 342 g/mol. The molecule has 0 aliphatic carbocycles. The molecule has 1 aliphatic heterocycles.